The van der Waals surface area contributed by atoms with E-state index in [0.29, 0.717) is 6.54 Å². The van der Waals surface area contributed by atoms with E-state index in [1.165, 1.54) is 0 Å². The number of hydrogen-bond donors (Lipinski definition) is 2. The molecule has 16 heavy (non-hydrogen) atoms. The Hall–Kier alpha value is -1.81. The lowest BCUT2D eigenvalue weighted by Gasteiger charge is -2.06. The molecule has 2 amide bonds. The molecule has 1 aromatic heterocycles. The molecule has 1 heterocycles. The van der Waals surface area contributed by atoms with Crippen LogP contribution in [0.15, 0.2) is 47.2 Å². The second-order valence-electron chi connectivity index (χ2n) is 3.31. The van der Waals surface area contributed by atoms with Gasteiger partial charge in [-0.3, -0.25) is 0 Å². The van der Waals surface area contributed by atoms with E-state index in [1.54, 1.807) is 11.3 Å². The summed E-state index contributed by atoms with van der Waals surface area (Å²) < 4.78 is 0. The molecule has 0 unspecified atom stereocenters. The normalized spacial score (nSPS) is 9.75. The number of para-hydroxylation sites is 1. The number of thiophene rings is 1. The Labute approximate surface area is 98.1 Å². The predicted octanol–water partition coefficient (Wildman–Crippen LogP) is 3.07. The third-order valence-corrected chi connectivity index (χ3v) is 2.80. The van der Waals surface area contributed by atoms with Gasteiger partial charge in [0.05, 0.1) is 0 Å². The van der Waals surface area contributed by atoms with Crippen molar-refractivity contribution in [3.8, 4) is 0 Å². The molecular formula is C12H12N2OS. The van der Waals surface area contributed by atoms with E-state index in [1.807, 2.05) is 47.2 Å². The third-order valence-electron chi connectivity index (χ3n) is 2.06. The number of nitrogens with one attached hydrogen (secondary N) is 2. The number of hydrogen-bond acceptors (Lipinski definition) is 2. The molecular weight excluding hydrogens is 220 g/mol. The van der Waals surface area contributed by atoms with Gasteiger partial charge in [0.15, 0.2) is 0 Å². The Morgan fingerprint density at radius 2 is 2.00 bits per heavy atom. The molecule has 3 nitrogen and oxygen atoms in total. The van der Waals surface area contributed by atoms with Crippen molar-refractivity contribution in [1.82, 2.24) is 5.32 Å². The lowest BCUT2D eigenvalue weighted by molar-refractivity contribution is 0.252. The summed E-state index contributed by atoms with van der Waals surface area (Å²) >= 11 is 1.62. The first-order chi connectivity index (χ1) is 7.84. The van der Waals surface area contributed by atoms with Crippen LogP contribution in [0.25, 0.3) is 0 Å². The van der Waals surface area contributed by atoms with Crippen molar-refractivity contribution in [2.45, 2.75) is 6.54 Å². The molecule has 0 atom stereocenters. The van der Waals surface area contributed by atoms with Gasteiger partial charge in [-0.25, -0.2) is 4.79 Å². The average molecular weight is 232 g/mol. The lowest BCUT2D eigenvalue weighted by atomic mass is 10.3. The van der Waals surface area contributed by atoms with Crippen LogP contribution in [-0.4, -0.2) is 6.03 Å². The highest BCUT2D eigenvalue weighted by Crippen LogP contribution is 2.06. The summed E-state index contributed by atoms with van der Waals surface area (Å²) in [5, 5.41) is 9.56. The Morgan fingerprint density at radius 1 is 1.19 bits per heavy atom. The molecule has 2 rings (SSSR count). The fraction of sp³-hybridized carbons (Fsp3) is 0.0833. The zero-order valence-corrected chi connectivity index (χ0v) is 9.46. The molecule has 0 bridgehead atoms. The first-order valence-electron chi connectivity index (χ1n) is 4.95. The minimum Gasteiger partial charge on any atom is -0.334 e. The second-order valence-corrected chi connectivity index (χ2v) is 4.09. The third kappa shape index (κ3) is 3.10. The fourth-order valence-corrected chi connectivity index (χ4v) is 1.94. The molecule has 2 aromatic rings. The van der Waals surface area contributed by atoms with Crippen molar-refractivity contribution in [3.05, 3.63) is 52.7 Å². The van der Waals surface area contributed by atoms with Gasteiger partial charge in [-0.2, -0.15) is 11.3 Å². The van der Waals surface area contributed by atoms with E-state index in [4.69, 9.17) is 0 Å². The van der Waals surface area contributed by atoms with Gasteiger partial charge in [0.25, 0.3) is 0 Å². The molecule has 2 N–H and O–H groups in total. The highest BCUT2D eigenvalue weighted by molar-refractivity contribution is 7.07. The van der Waals surface area contributed by atoms with Crippen LogP contribution >= 0.6 is 11.3 Å². The van der Waals surface area contributed by atoms with Crippen LogP contribution < -0.4 is 10.6 Å². The number of anilines is 1. The number of urea groups is 1. The summed E-state index contributed by atoms with van der Waals surface area (Å²) in [6, 6.07) is 11.2. The van der Waals surface area contributed by atoms with Gasteiger partial charge in [-0.15, -0.1) is 0 Å². The van der Waals surface area contributed by atoms with Crippen molar-refractivity contribution in [2.24, 2.45) is 0 Å². The standard InChI is InChI=1S/C12H12N2OS/c15-12(13-8-10-6-7-16-9-10)14-11-4-2-1-3-5-11/h1-7,9H,8H2,(H2,13,14,15). The number of amides is 2. The van der Waals surface area contributed by atoms with Gasteiger partial charge in [-0.1, -0.05) is 18.2 Å². The van der Waals surface area contributed by atoms with E-state index in [9.17, 15) is 4.79 Å². The van der Waals surface area contributed by atoms with Crippen LogP contribution in [0.3, 0.4) is 0 Å². The molecule has 0 aliphatic carbocycles. The van der Waals surface area contributed by atoms with Crippen LogP contribution in [0.1, 0.15) is 5.56 Å². The van der Waals surface area contributed by atoms with Gasteiger partial charge in [-0.05, 0) is 34.5 Å². The Kier molecular flexibility index (Phi) is 3.56. The van der Waals surface area contributed by atoms with E-state index in [0.717, 1.165) is 11.3 Å². The molecule has 4 heteroatoms. The van der Waals surface area contributed by atoms with Gasteiger partial charge in [0.1, 0.15) is 0 Å². The zero-order valence-electron chi connectivity index (χ0n) is 8.64. The maximum absolute atomic E-state index is 11.5. The fourth-order valence-electron chi connectivity index (χ4n) is 1.27. The second kappa shape index (κ2) is 5.32. The largest absolute Gasteiger partial charge is 0.334 e. The average Bonchev–Trinajstić information content (AvgIpc) is 2.81. The predicted molar refractivity (Wildman–Crippen MR) is 66.6 cm³/mol. The van der Waals surface area contributed by atoms with Crippen LogP contribution in [0.2, 0.25) is 0 Å². The van der Waals surface area contributed by atoms with Crippen LogP contribution in [0.5, 0.6) is 0 Å². The number of carbonyl (C=O) groups excluding carboxylic acids is 1. The summed E-state index contributed by atoms with van der Waals surface area (Å²) in [6.45, 7) is 0.558. The first-order valence-corrected chi connectivity index (χ1v) is 5.90. The van der Waals surface area contributed by atoms with Crippen molar-refractivity contribution in [2.75, 3.05) is 5.32 Å². The SMILES string of the molecule is O=C(NCc1ccsc1)Nc1ccccc1. The van der Waals surface area contributed by atoms with Gasteiger partial charge in [0.2, 0.25) is 0 Å². The highest BCUT2D eigenvalue weighted by Gasteiger charge is 2.00. The summed E-state index contributed by atoms with van der Waals surface area (Å²) in [7, 11) is 0. The minimum atomic E-state index is -0.183. The Morgan fingerprint density at radius 3 is 2.69 bits per heavy atom. The lowest BCUT2D eigenvalue weighted by Crippen LogP contribution is -2.27. The molecule has 1 aromatic carbocycles. The topological polar surface area (TPSA) is 41.1 Å². The highest BCUT2D eigenvalue weighted by atomic mass is 32.1. The molecule has 0 aliphatic heterocycles. The van der Waals surface area contributed by atoms with Crippen LogP contribution in [0, 0.1) is 0 Å². The molecule has 0 saturated carbocycles. The van der Waals surface area contributed by atoms with Gasteiger partial charge < -0.3 is 10.6 Å². The van der Waals surface area contributed by atoms with E-state index in [2.05, 4.69) is 10.6 Å². The number of carbonyl (C=O) groups is 1. The molecule has 82 valence electrons. The van der Waals surface area contributed by atoms with E-state index in [-0.39, 0.29) is 6.03 Å². The van der Waals surface area contributed by atoms with Crippen molar-refractivity contribution in [1.29, 1.82) is 0 Å². The zero-order chi connectivity index (χ0) is 11.2. The quantitative estimate of drug-likeness (QED) is 0.839. The van der Waals surface area contributed by atoms with Crippen LogP contribution in [-0.2, 0) is 6.54 Å². The number of benzene rings is 1. The molecule has 0 fully saturated rings. The first kappa shape index (κ1) is 10.7. The van der Waals surface area contributed by atoms with E-state index >= 15 is 0 Å². The smallest absolute Gasteiger partial charge is 0.319 e. The van der Waals surface area contributed by atoms with Crippen molar-refractivity contribution >= 4 is 23.1 Å². The maximum atomic E-state index is 11.5. The molecule has 0 spiro atoms. The maximum Gasteiger partial charge on any atom is 0.319 e. The Bertz CT molecular complexity index is 439. The van der Waals surface area contributed by atoms with Crippen LogP contribution in [0.4, 0.5) is 10.5 Å². The van der Waals surface area contributed by atoms with Crippen molar-refractivity contribution < 1.29 is 4.79 Å². The van der Waals surface area contributed by atoms with Crippen molar-refractivity contribution in [3.63, 3.8) is 0 Å². The monoisotopic (exact) mass is 232 g/mol. The molecule has 0 saturated heterocycles. The summed E-state index contributed by atoms with van der Waals surface area (Å²) in [4.78, 5) is 11.5. The Balaban J connectivity index is 1.81. The molecule has 0 aliphatic rings. The minimum absolute atomic E-state index is 0.183. The summed E-state index contributed by atoms with van der Waals surface area (Å²) in [6.07, 6.45) is 0. The number of rotatable bonds is 3. The summed E-state index contributed by atoms with van der Waals surface area (Å²) in [5.74, 6) is 0. The summed E-state index contributed by atoms with van der Waals surface area (Å²) in [5.41, 5.74) is 1.92. The van der Waals surface area contributed by atoms with Gasteiger partial charge in [0, 0.05) is 12.2 Å². The van der Waals surface area contributed by atoms with Gasteiger partial charge >= 0.3 is 6.03 Å². The molecule has 0 radical (unpaired) electrons. The van der Waals surface area contributed by atoms with E-state index < -0.39 is 0 Å².